The standard InChI is InChI=1S/C55H31N3O2/c59-55-40-18-5-4-15-36(40)42-29-32(30-43-38-17-7-10-22-46(38)58(55)53(42)43)35-20-12-24-50-51(35)44-31-34(25-28-49(44)60-50)57-45-21-9-6-16-37(45)39-26-27-48-52(54(39)57)41-19-8-11-23-47(41)56(48)33-13-2-1-3-14-33/h1-31H. The fourth-order valence-corrected chi connectivity index (χ4v) is 10.5. The number of hydrogen-bond donors (Lipinski definition) is 0. The van der Waals surface area contributed by atoms with E-state index in [1.165, 1.54) is 38.1 Å². The molecule has 0 unspecified atom stereocenters. The maximum atomic E-state index is 14.1. The normalized spacial score (nSPS) is 12.4. The zero-order valence-corrected chi connectivity index (χ0v) is 32.1. The molecule has 5 heterocycles. The number of fused-ring (bicyclic) bond motifs is 15. The maximum Gasteiger partial charge on any atom is 0.263 e. The molecule has 5 aromatic heterocycles. The largest absolute Gasteiger partial charge is 0.456 e. The summed E-state index contributed by atoms with van der Waals surface area (Å²) in [5.41, 5.74) is 12.6. The molecule has 60 heavy (non-hydrogen) atoms. The van der Waals surface area contributed by atoms with Gasteiger partial charge in [0, 0.05) is 65.2 Å². The molecule has 278 valence electrons. The van der Waals surface area contributed by atoms with E-state index in [4.69, 9.17) is 4.42 Å². The highest BCUT2D eigenvalue weighted by molar-refractivity contribution is 6.27. The van der Waals surface area contributed by atoms with Crippen molar-refractivity contribution in [3.05, 3.63) is 198 Å². The summed E-state index contributed by atoms with van der Waals surface area (Å²) in [6, 6.07) is 66.6. The molecule has 0 atom stereocenters. The number of para-hydroxylation sites is 4. The molecule has 0 saturated heterocycles. The zero-order chi connectivity index (χ0) is 39.2. The van der Waals surface area contributed by atoms with Crippen LogP contribution in [0.4, 0.5) is 0 Å². The highest BCUT2D eigenvalue weighted by Gasteiger charge is 2.23. The Morgan fingerprint density at radius 3 is 1.80 bits per heavy atom. The van der Waals surface area contributed by atoms with Gasteiger partial charge in [0.2, 0.25) is 0 Å². The second kappa shape index (κ2) is 11.5. The van der Waals surface area contributed by atoms with Crippen molar-refractivity contribution in [3.8, 4) is 22.5 Å². The molecule has 0 bridgehead atoms. The molecule has 14 rings (SSSR count). The molecule has 0 aliphatic rings. The second-order valence-corrected chi connectivity index (χ2v) is 16.0. The van der Waals surface area contributed by atoms with Gasteiger partial charge in [0.1, 0.15) is 11.2 Å². The van der Waals surface area contributed by atoms with Crippen molar-refractivity contribution in [2.75, 3.05) is 0 Å². The van der Waals surface area contributed by atoms with Crippen molar-refractivity contribution >= 4 is 104 Å². The average Bonchev–Trinajstić information content (AvgIpc) is 4.05. The molecular formula is C55H31N3O2. The third-order valence-corrected chi connectivity index (χ3v) is 13.0. The predicted molar refractivity (Wildman–Crippen MR) is 249 cm³/mol. The van der Waals surface area contributed by atoms with E-state index in [0.29, 0.717) is 5.39 Å². The number of benzene rings is 9. The van der Waals surface area contributed by atoms with E-state index in [1.807, 2.05) is 28.7 Å². The van der Waals surface area contributed by atoms with Crippen molar-refractivity contribution in [3.63, 3.8) is 0 Å². The lowest BCUT2D eigenvalue weighted by Crippen LogP contribution is -2.12. The van der Waals surface area contributed by atoms with Crippen molar-refractivity contribution in [1.82, 2.24) is 13.5 Å². The quantitative estimate of drug-likeness (QED) is 0.168. The molecular weight excluding hydrogens is 735 g/mol. The fourth-order valence-electron chi connectivity index (χ4n) is 10.5. The van der Waals surface area contributed by atoms with Gasteiger partial charge in [-0.25, -0.2) is 0 Å². The molecule has 0 aliphatic carbocycles. The summed E-state index contributed by atoms with van der Waals surface area (Å²) in [6.07, 6.45) is 0. The second-order valence-electron chi connectivity index (χ2n) is 16.0. The Kier molecular flexibility index (Phi) is 6.11. The number of pyridine rings is 1. The molecule has 0 N–H and O–H groups in total. The Morgan fingerprint density at radius 2 is 1.00 bits per heavy atom. The van der Waals surface area contributed by atoms with Crippen molar-refractivity contribution in [2.24, 2.45) is 0 Å². The van der Waals surface area contributed by atoms with E-state index in [-0.39, 0.29) is 5.56 Å². The monoisotopic (exact) mass is 765 g/mol. The highest BCUT2D eigenvalue weighted by atomic mass is 16.3. The fraction of sp³-hybridized carbons (Fsp3) is 0. The van der Waals surface area contributed by atoms with Crippen LogP contribution >= 0.6 is 0 Å². The van der Waals surface area contributed by atoms with Gasteiger partial charge in [-0.2, -0.15) is 0 Å². The predicted octanol–water partition coefficient (Wildman–Crippen LogP) is 14.0. The molecule has 0 saturated carbocycles. The molecule has 0 radical (unpaired) electrons. The van der Waals surface area contributed by atoms with Crippen LogP contribution in [0.5, 0.6) is 0 Å². The van der Waals surface area contributed by atoms with Gasteiger partial charge >= 0.3 is 0 Å². The van der Waals surface area contributed by atoms with Gasteiger partial charge in [-0.05, 0) is 95.4 Å². The van der Waals surface area contributed by atoms with E-state index < -0.39 is 0 Å². The van der Waals surface area contributed by atoms with Gasteiger partial charge in [-0.3, -0.25) is 9.20 Å². The smallest absolute Gasteiger partial charge is 0.263 e. The van der Waals surface area contributed by atoms with E-state index >= 15 is 0 Å². The summed E-state index contributed by atoms with van der Waals surface area (Å²) in [5.74, 6) is 0. The lowest BCUT2D eigenvalue weighted by atomic mass is 9.95. The van der Waals surface area contributed by atoms with Crippen molar-refractivity contribution < 1.29 is 4.42 Å². The van der Waals surface area contributed by atoms with Crippen LogP contribution in [0, 0.1) is 0 Å². The Bertz CT molecular complexity index is 4200. The summed E-state index contributed by atoms with van der Waals surface area (Å²) in [6.45, 7) is 0. The third kappa shape index (κ3) is 4.03. The summed E-state index contributed by atoms with van der Waals surface area (Å²) < 4.78 is 13.4. The minimum absolute atomic E-state index is 0.0134. The zero-order valence-electron chi connectivity index (χ0n) is 32.1. The van der Waals surface area contributed by atoms with Crippen LogP contribution in [0.25, 0.3) is 126 Å². The van der Waals surface area contributed by atoms with E-state index in [2.05, 4.69) is 173 Å². The van der Waals surface area contributed by atoms with E-state index in [9.17, 15) is 4.79 Å². The van der Waals surface area contributed by atoms with Gasteiger partial charge in [-0.15, -0.1) is 0 Å². The van der Waals surface area contributed by atoms with Crippen LogP contribution < -0.4 is 5.56 Å². The third-order valence-electron chi connectivity index (χ3n) is 13.0. The lowest BCUT2D eigenvalue weighted by molar-refractivity contribution is 0.669. The van der Waals surface area contributed by atoms with Crippen LogP contribution in [-0.4, -0.2) is 13.5 Å². The van der Waals surface area contributed by atoms with Gasteiger partial charge in [0.05, 0.1) is 33.1 Å². The Morgan fingerprint density at radius 1 is 0.350 bits per heavy atom. The summed E-state index contributed by atoms with van der Waals surface area (Å²) in [7, 11) is 0. The number of hydrogen-bond acceptors (Lipinski definition) is 2. The average molecular weight is 766 g/mol. The molecule has 14 aromatic rings. The van der Waals surface area contributed by atoms with Gasteiger partial charge in [-0.1, -0.05) is 109 Å². The van der Waals surface area contributed by atoms with E-state index in [0.717, 1.165) is 82.5 Å². The van der Waals surface area contributed by atoms with Gasteiger partial charge < -0.3 is 13.6 Å². The Hall–Kier alpha value is -8.15. The van der Waals surface area contributed by atoms with Crippen LogP contribution in [0.2, 0.25) is 0 Å². The molecule has 9 aromatic carbocycles. The maximum absolute atomic E-state index is 14.1. The first-order valence-electron chi connectivity index (χ1n) is 20.4. The molecule has 0 amide bonds. The van der Waals surface area contributed by atoms with E-state index in [1.54, 1.807) is 0 Å². The van der Waals surface area contributed by atoms with Gasteiger partial charge in [0.25, 0.3) is 5.56 Å². The molecule has 5 nitrogen and oxygen atoms in total. The van der Waals surface area contributed by atoms with Crippen LogP contribution in [0.3, 0.4) is 0 Å². The SMILES string of the molecule is O=c1c2ccccc2c2cc(-c3cccc4oc5ccc(-n6c7ccccc7c7ccc8c(c9ccccc9n8-c8ccccc8)c76)cc5c34)cc3c4ccccc4n1c23. The molecule has 0 aliphatic heterocycles. The number of aromatic nitrogens is 3. The first-order valence-corrected chi connectivity index (χ1v) is 20.4. The first-order chi connectivity index (χ1) is 29.7. The van der Waals surface area contributed by atoms with Crippen molar-refractivity contribution in [1.29, 1.82) is 0 Å². The minimum atomic E-state index is 0.0134. The Labute approximate surface area is 341 Å². The minimum Gasteiger partial charge on any atom is -0.456 e. The topological polar surface area (TPSA) is 44.5 Å². The molecule has 0 spiro atoms. The number of nitrogens with zero attached hydrogens (tertiary/aromatic N) is 3. The highest BCUT2D eigenvalue weighted by Crippen LogP contribution is 2.45. The van der Waals surface area contributed by atoms with Gasteiger partial charge in [0.15, 0.2) is 0 Å². The summed E-state index contributed by atoms with van der Waals surface area (Å²) >= 11 is 0. The van der Waals surface area contributed by atoms with Crippen LogP contribution in [0.15, 0.2) is 197 Å². The molecule has 0 fully saturated rings. The Balaban J connectivity index is 1.08. The van der Waals surface area contributed by atoms with Crippen LogP contribution in [-0.2, 0) is 0 Å². The lowest BCUT2D eigenvalue weighted by Gasteiger charge is -2.11. The first kappa shape index (κ1) is 31.9. The summed E-state index contributed by atoms with van der Waals surface area (Å²) in [4.78, 5) is 14.1. The summed E-state index contributed by atoms with van der Waals surface area (Å²) in [5, 5.41) is 11.8. The number of furan rings is 1. The van der Waals surface area contributed by atoms with Crippen LogP contribution in [0.1, 0.15) is 0 Å². The molecule has 5 heteroatoms. The van der Waals surface area contributed by atoms with Crippen molar-refractivity contribution in [2.45, 2.75) is 0 Å². The number of rotatable bonds is 3.